The van der Waals surface area contributed by atoms with E-state index in [9.17, 15) is 4.79 Å². The summed E-state index contributed by atoms with van der Waals surface area (Å²) in [6, 6.07) is 17.5. The van der Waals surface area contributed by atoms with Gasteiger partial charge in [-0.25, -0.2) is 0 Å². The summed E-state index contributed by atoms with van der Waals surface area (Å²) in [6.07, 6.45) is 1.49. The van der Waals surface area contributed by atoms with Gasteiger partial charge in [-0.2, -0.15) is 0 Å². The Labute approximate surface area is 119 Å². The van der Waals surface area contributed by atoms with Crippen molar-refractivity contribution in [2.75, 3.05) is 11.9 Å². The molecule has 3 heteroatoms. The maximum atomic E-state index is 10.8. The van der Waals surface area contributed by atoms with E-state index in [0.29, 0.717) is 6.42 Å². The number of ketones is 1. The van der Waals surface area contributed by atoms with Gasteiger partial charge in [0.1, 0.15) is 17.3 Å². The van der Waals surface area contributed by atoms with Crippen molar-refractivity contribution in [2.45, 2.75) is 19.8 Å². The molecule has 0 saturated heterocycles. The van der Waals surface area contributed by atoms with Gasteiger partial charge in [-0.3, -0.25) is 0 Å². The van der Waals surface area contributed by atoms with Crippen molar-refractivity contribution in [1.29, 1.82) is 0 Å². The second-order valence-electron chi connectivity index (χ2n) is 4.67. The number of rotatable bonds is 7. The summed E-state index contributed by atoms with van der Waals surface area (Å²) in [5.41, 5.74) is 1.04. The lowest BCUT2D eigenvalue weighted by Crippen LogP contribution is -2.03. The smallest absolute Gasteiger partial charge is 0.129 e. The van der Waals surface area contributed by atoms with Crippen molar-refractivity contribution in [1.82, 2.24) is 0 Å². The average molecular weight is 269 g/mol. The lowest BCUT2D eigenvalue weighted by atomic mass is 10.2. The molecule has 0 spiro atoms. The van der Waals surface area contributed by atoms with Gasteiger partial charge >= 0.3 is 0 Å². The van der Waals surface area contributed by atoms with Crippen molar-refractivity contribution in [3.05, 3.63) is 54.6 Å². The molecule has 2 aromatic rings. The fourth-order valence-corrected chi connectivity index (χ4v) is 1.84. The van der Waals surface area contributed by atoms with Crippen LogP contribution in [0.3, 0.4) is 0 Å². The number of benzene rings is 2. The Hall–Kier alpha value is -2.29. The number of carbonyl (C=O) groups excluding carboxylic acids is 1. The van der Waals surface area contributed by atoms with Crippen LogP contribution >= 0.6 is 0 Å². The molecule has 0 atom stereocenters. The maximum absolute atomic E-state index is 10.8. The molecule has 0 radical (unpaired) electrons. The Bertz CT molecular complexity index is 535. The van der Waals surface area contributed by atoms with Crippen LogP contribution in [-0.4, -0.2) is 12.3 Å². The number of para-hydroxylation sites is 1. The average Bonchev–Trinajstić information content (AvgIpc) is 2.46. The van der Waals surface area contributed by atoms with Gasteiger partial charge < -0.3 is 14.8 Å². The predicted molar refractivity (Wildman–Crippen MR) is 81.4 cm³/mol. The minimum Gasteiger partial charge on any atom is -0.457 e. The van der Waals surface area contributed by atoms with Gasteiger partial charge in [0.15, 0.2) is 0 Å². The highest BCUT2D eigenvalue weighted by Crippen LogP contribution is 2.22. The number of ether oxygens (including phenoxy) is 1. The number of anilines is 1. The highest BCUT2D eigenvalue weighted by Gasteiger charge is 1.98. The number of hydrogen-bond acceptors (Lipinski definition) is 3. The minimum absolute atomic E-state index is 0.235. The highest BCUT2D eigenvalue weighted by atomic mass is 16.5. The third kappa shape index (κ3) is 4.76. The Kier molecular flexibility index (Phi) is 5.18. The van der Waals surface area contributed by atoms with E-state index < -0.39 is 0 Å². The van der Waals surface area contributed by atoms with E-state index in [1.165, 1.54) is 0 Å². The zero-order valence-electron chi connectivity index (χ0n) is 11.6. The van der Waals surface area contributed by atoms with Gasteiger partial charge in [0, 0.05) is 18.7 Å². The molecule has 0 heterocycles. The van der Waals surface area contributed by atoms with Crippen molar-refractivity contribution < 1.29 is 9.53 Å². The fourth-order valence-electron chi connectivity index (χ4n) is 1.84. The zero-order valence-corrected chi connectivity index (χ0v) is 11.6. The van der Waals surface area contributed by atoms with Gasteiger partial charge in [0.25, 0.3) is 0 Å². The van der Waals surface area contributed by atoms with E-state index >= 15 is 0 Å². The number of carbonyl (C=O) groups is 1. The maximum Gasteiger partial charge on any atom is 0.129 e. The van der Waals surface area contributed by atoms with Crippen LogP contribution in [0.1, 0.15) is 19.8 Å². The normalized spacial score (nSPS) is 10.1. The molecule has 3 nitrogen and oxygen atoms in total. The molecule has 20 heavy (non-hydrogen) atoms. The summed E-state index contributed by atoms with van der Waals surface area (Å²) < 4.78 is 5.72. The molecule has 0 aliphatic carbocycles. The van der Waals surface area contributed by atoms with E-state index in [2.05, 4.69) is 5.32 Å². The first-order chi connectivity index (χ1) is 9.74. The standard InChI is InChI=1S/C17H19NO2/c1-14(19)6-5-13-18-15-9-11-17(12-10-15)20-16-7-3-2-4-8-16/h2-4,7-12,18H,5-6,13H2,1H3. The second kappa shape index (κ2) is 7.34. The van der Waals surface area contributed by atoms with Crippen LogP contribution in [0.4, 0.5) is 5.69 Å². The van der Waals surface area contributed by atoms with Crippen molar-refractivity contribution >= 4 is 11.5 Å². The SMILES string of the molecule is CC(=O)CCCNc1ccc(Oc2ccccc2)cc1. The summed E-state index contributed by atoms with van der Waals surface area (Å²) in [7, 11) is 0. The number of nitrogens with one attached hydrogen (secondary N) is 1. The molecular formula is C17H19NO2. The van der Waals surface area contributed by atoms with Crippen LogP contribution in [-0.2, 0) is 4.79 Å². The number of hydrogen-bond donors (Lipinski definition) is 1. The lowest BCUT2D eigenvalue weighted by Gasteiger charge is -2.08. The van der Waals surface area contributed by atoms with Gasteiger partial charge in [-0.1, -0.05) is 18.2 Å². The van der Waals surface area contributed by atoms with Gasteiger partial charge in [-0.05, 0) is 49.7 Å². The molecule has 0 aromatic heterocycles. The summed E-state index contributed by atoms with van der Waals surface area (Å²) >= 11 is 0. The third-order valence-corrected chi connectivity index (χ3v) is 2.87. The zero-order chi connectivity index (χ0) is 14.2. The fraction of sp³-hybridized carbons (Fsp3) is 0.235. The molecule has 0 aliphatic heterocycles. The summed E-state index contributed by atoms with van der Waals surface area (Å²) in [5, 5.41) is 3.28. The quantitative estimate of drug-likeness (QED) is 0.763. The highest BCUT2D eigenvalue weighted by molar-refractivity contribution is 5.75. The summed E-state index contributed by atoms with van der Waals surface area (Å²) in [6.45, 7) is 2.42. The lowest BCUT2D eigenvalue weighted by molar-refractivity contribution is -0.117. The van der Waals surface area contributed by atoms with Gasteiger partial charge in [-0.15, -0.1) is 0 Å². The first-order valence-corrected chi connectivity index (χ1v) is 6.80. The van der Waals surface area contributed by atoms with E-state index in [0.717, 1.165) is 30.2 Å². The molecule has 2 aromatic carbocycles. The van der Waals surface area contributed by atoms with Crippen LogP contribution in [0.2, 0.25) is 0 Å². The van der Waals surface area contributed by atoms with Gasteiger partial charge in [0.05, 0.1) is 0 Å². The molecule has 0 unspecified atom stereocenters. The molecule has 0 bridgehead atoms. The minimum atomic E-state index is 0.235. The van der Waals surface area contributed by atoms with E-state index in [4.69, 9.17) is 4.74 Å². The van der Waals surface area contributed by atoms with Crippen LogP contribution < -0.4 is 10.1 Å². The van der Waals surface area contributed by atoms with Crippen LogP contribution in [0, 0.1) is 0 Å². The Morgan fingerprint density at radius 2 is 1.65 bits per heavy atom. The molecule has 0 aliphatic rings. The largest absolute Gasteiger partial charge is 0.457 e. The molecule has 1 N–H and O–H groups in total. The molecule has 0 saturated carbocycles. The molecular weight excluding hydrogens is 250 g/mol. The Morgan fingerprint density at radius 1 is 1.00 bits per heavy atom. The molecule has 2 rings (SSSR count). The monoisotopic (exact) mass is 269 g/mol. The summed E-state index contributed by atoms with van der Waals surface area (Å²) in [5.74, 6) is 1.87. The van der Waals surface area contributed by atoms with Crippen LogP contribution in [0.25, 0.3) is 0 Å². The predicted octanol–water partition coefficient (Wildman–Crippen LogP) is 4.26. The molecule has 104 valence electrons. The van der Waals surface area contributed by atoms with Gasteiger partial charge in [0.2, 0.25) is 0 Å². The van der Waals surface area contributed by atoms with Crippen LogP contribution in [0.15, 0.2) is 54.6 Å². The Balaban J connectivity index is 1.82. The molecule has 0 fully saturated rings. The number of Topliss-reactive ketones (excluding diaryl/α,β-unsaturated/α-hetero) is 1. The van der Waals surface area contributed by atoms with Crippen molar-refractivity contribution in [3.8, 4) is 11.5 Å². The first-order valence-electron chi connectivity index (χ1n) is 6.80. The second-order valence-corrected chi connectivity index (χ2v) is 4.67. The first kappa shape index (κ1) is 14.1. The van der Waals surface area contributed by atoms with E-state index in [-0.39, 0.29) is 5.78 Å². The Morgan fingerprint density at radius 3 is 2.30 bits per heavy atom. The van der Waals surface area contributed by atoms with Crippen molar-refractivity contribution in [3.63, 3.8) is 0 Å². The topological polar surface area (TPSA) is 38.3 Å². The van der Waals surface area contributed by atoms with Crippen molar-refractivity contribution in [2.24, 2.45) is 0 Å². The molecule has 0 amide bonds. The van der Waals surface area contributed by atoms with E-state index in [1.54, 1.807) is 6.92 Å². The third-order valence-electron chi connectivity index (χ3n) is 2.87. The summed E-state index contributed by atoms with van der Waals surface area (Å²) in [4.78, 5) is 10.8. The van der Waals surface area contributed by atoms with Crippen LogP contribution in [0.5, 0.6) is 11.5 Å². The van der Waals surface area contributed by atoms with E-state index in [1.807, 2.05) is 54.6 Å².